The van der Waals surface area contributed by atoms with Gasteiger partial charge in [0.25, 0.3) is 17.7 Å². The van der Waals surface area contributed by atoms with Gasteiger partial charge in [-0.1, -0.05) is 23.7 Å². The van der Waals surface area contributed by atoms with E-state index in [1.807, 2.05) is 19.1 Å². The number of ether oxygens (including phenoxy) is 1. The van der Waals surface area contributed by atoms with Crippen LogP contribution in [0, 0.1) is 19.7 Å². The van der Waals surface area contributed by atoms with E-state index in [9.17, 15) is 23.6 Å². The monoisotopic (exact) mass is 480 g/mol. The molecular weight excluding hydrogens is 463 g/mol. The zero-order chi connectivity index (χ0) is 24.6. The number of carbonyl (C=O) groups excluding carboxylic acids is 4. The fraction of sp³-hybridized carbons (Fsp3) is 0.120. The number of esters is 1. The van der Waals surface area contributed by atoms with Crippen molar-refractivity contribution in [2.45, 2.75) is 13.8 Å². The molecule has 9 heteroatoms. The Bertz CT molecular complexity index is 1370. The molecule has 1 aliphatic rings. The summed E-state index contributed by atoms with van der Waals surface area (Å²) in [5.74, 6) is -3.41. The van der Waals surface area contributed by atoms with Crippen LogP contribution in [0.2, 0.25) is 5.02 Å². The number of nitrogens with one attached hydrogen (secondary N) is 1. The van der Waals surface area contributed by atoms with Crippen molar-refractivity contribution < 1.29 is 28.3 Å². The molecule has 0 bridgehead atoms. The maximum absolute atomic E-state index is 13.8. The predicted octanol–water partition coefficient (Wildman–Crippen LogP) is 4.69. The van der Waals surface area contributed by atoms with E-state index in [0.29, 0.717) is 5.69 Å². The minimum atomic E-state index is -0.875. The second kappa shape index (κ2) is 9.07. The lowest BCUT2D eigenvalue weighted by Gasteiger charge is -2.17. The molecule has 0 saturated carbocycles. The van der Waals surface area contributed by atoms with Gasteiger partial charge in [0.1, 0.15) is 5.82 Å². The molecule has 0 aliphatic carbocycles. The molecule has 7 nitrogen and oxygen atoms in total. The minimum Gasteiger partial charge on any atom is -0.452 e. The first-order chi connectivity index (χ1) is 16.2. The average Bonchev–Trinajstić information content (AvgIpc) is 3.05. The third kappa shape index (κ3) is 4.40. The Labute approximate surface area is 199 Å². The number of halogens is 2. The largest absolute Gasteiger partial charge is 0.452 e. The number of rotatable bonds is 5. The Hall–Kier alpha value is -4.04. The quantitative estimate of drug-likeness (QED) is 0.422. The van der Waals surface area contributed by atoms with E-state index in [0.717, 1.165) is 22.1 Å². The lowest BCUT2D eigenvalue weighted by molar-refractivity contribution is -0.119. The highest BCUT2D eigenvalue weighted by atomic mass is 35.5. The molecule has 4 rings (SSSR count). The van der Waals surface area contributed by atoms with Crippen LogP contribution in [0.5, 0.6) is 0 Å². The number of aryl methyl sites for hydroxylation is 2. The third-order valence-electron chi connectivity index (χ3n) is 5.27. The Kier molecular flexibility index (Phi) is 6.17. The molecule has 1 heterocycles. The molecule has 3 aromatic rings. The van der Waals surface area contributed by atoms with E-state index in [-0.39, 0.29) is 27.4 Å². The molecule has 0 atom stereocenters. The van der Waals surface area contributed by atoms with Crippen LogP contribution in [-0.2, 0) is 9.53 Å². The van der Waals surface area contributed by atoms with Gasteiger partial charge >= 0.3 is 5.97 Å². The fourth-order valence-electron chi connectivity index (χ4n) is 3.54. The number of nitrogens with zero attached hydrogens (tertiary/aromatic N) is 1. The number of hydrogen-bond acceptors (Lipinski definition) is 5. The SMILES string of the molecule is Cc1ccc(C)c(N2C(=O)c3ccc(C(=O)OCC(=O)Nc4ccc(Cl)cc4F)cc3C2=O)c1. The average molecular weight is 481 g/mol. The van der Waals surface area contributed by atoms with Gasteiger partial charge in [-0.3, -0.25) is 14.4 Å². The number of fused-ring (bicyclic) bond motifs is 1. The van der Waals surface area contributed by atoms with Crippen LogP contribution in [-0.4, -0.2) is 30.3 Å². The Morgan fingerprint density at radius 3 is 2.44 bits per heavy atom. The molecule has 0 fully saturated rings. The summed E-state index contributed by atoms with van der Waals surface area (Å²) in [5.41, 5.74) is 2.22. The van der Waals surface area contributed by atoms with Crippen LogP contribution in [0.15, 0.2) is 54.6 Å². The van der Waals surface area contributed by atoms with Crippen molar-refractivity contribution in [1.82, 2.24) is 0 Å². The summed E-state index contributed by atoms with van der Waals surface area (Å²) in [6, 6.07) is 13.1. The van der Waals surface area contributed by atoms with Crippen molar-refractivity contribution in [3.8, 4) is 0 Å². The van der Waals surface area contributed by atoms with Crippen LogP contribution < -0.4 is 10.2 Å². The van der Waals surface area contributed by atoms with Gasteiger partial charge in [0.05, 0.1) is 28.1 Å². The van der Waals surface area contributed by atoms with E-state index in [1.165, 1.54) is 30.3 Å². The lowest BCUT2D eigenvalue weighted by Crippen LogP contribution is -2.30. The van der Waals surface area contributed by atoms with Crippen molar-refractivity contribution in [2.24, 2.45) is 0 Å². The number of hydrogen-bond donors (Lipinski definition) is 1. The van der Waals surface area contributed by atoms with Gasteiger partial charge in [0.2, 0.25) is 0 Å². The fourth-order valence-corrected chi connectivity index (χ4v) is 3.70. The van der Waals surface area contributed by atoms with Gasteiger partial charge in [-0.25, -0.2) is 14.1 Å². The van der Waals surface area contributed by atoms with E-state index < -0.39 is 36.1 Å². The Balaban J connectivity index is 1.47. The number of benzene rings is 3. The Morgan fingerprint density at radius 2 is 1.71 bits per heavy atom. The molecular formula is C25H18ClFN2O5. The zero-order valence-corrected chi connectivity index (χ0v) is 18.9. The van der Waals surface area contributed by atoms with Gasteiger partial charge < -0.3 is 10.1 Å². The van der Waals surface area contributed by atoms with Gasteiger partial charge in [-0.05, 0) is 67.4 Å². The highest BCUT2D eigenvalue weighted by Gasteiger charge is 2.38. The highest BCUT2D eigenvalue weighted by molar-refractivity contribution is 6.35. The summed E-state index contributed by atoms with van der Waals surface area (Å²) in [5, 5.41) is 2.45. The van der Waals surface area contributed by atoms with E-state index in [2.05, 4.69) is 5.32 Å². The van der Waals surface area contributed by atoms with Gasteiger partial charge in [-0.2, -0.15) is 0 Å². The van der Waals surface area contributed by atoms with Crippen LogP contribution in [0.1, 0.15) is 42.2 Å². The zero-order valence-electron chi connectivity index (χ0n) is 18.1. The molecule has 3 aromatic carbocycles. The van der Waals surface area contributed by atoms with Crippen LogP contribution in [0.4, 0.5) is 15.8 Å². The molecule has 0 saturated heterocycles. The minimum absolute atomic E-state index is 0.00631. The van der Waals surface area contributed by atoms with Gasteiger partial charge in [0.15, 0.2) is 6.61 Å². The summed E-state index contributed by atoms with van der Waals surface area (Å²) in [7, 11) is 0. The molecule has 1 N–H and O–H groups in total. The van der Waals surface area contributed by atoms with Crippen LogP contribution in [0.25, 0.3) is 0 Å². The molecule has 0 unspecified atom stereocenters. The summed E-state index contributed by atoms with van der Waals surface area (Å²) < 4.78 is 18.8. The smallest absolute Gasteiger partial charge is 0.338 e. The summed E-state index contributed by atoms with van der Waals surface area (Å²) in [6.07, 6.45) is 0. The maximum atomic E-state index is 13.8. The normalized spacial score (nSPS) is 12.5. The first-order valence-electron chi connectivity index (χ1n) is 10.2. The van der Waals surface area contributed by atoms with Crippen molar-refractivity contribution in [3.05, 3.63) is 93.3 Å². The molecule has 172 valence electrons. The Morgan fingerprint density at radius 1 is 0.971 bits per heavy atom. The van der Waals surface area contributed by atoms with Crippen LogP contribution in [0.3, 0.4) is 0 Å². The topological polar surface area (TPSA) is 92.8 Å². The summed E-state index contributed by atoms with van der Waals surface area (Å²) in [6.45, 7) is 2.97. The van der Waals surface area contributed by atoms with E-state index in [1.54, 1.807) is 13.0 Å². The van der Waals surface area contributed by atoms with Gasteiger partial charge in [-0.15, -0.1) is 0 Å². The number of amides is 3. The summed E-state index contributed by atoms with van der Waals surface area (Å²) >= 11 is 5.67. The van der Waals surface area contributed by atoms with E-state index >= 15 is 0 Å². The second-order valence-electron chi connectivity index (χ2n) is 7.74. The number of anilines is 2. The number of imide groups is 1. The number of carbonyl (C=O) groups is 4. The highest BCUT2D eigenvalue weighted by Crippen LogP contribution is 2.32. The molecule has 0 spiro atoms. The standard InChI is InChI=1S/C25H18ClFN2O5/c1-13-3-4-14(2)21(9-13)29-23(31)17-7-5-15(10-18(17)24(29)32)25(33)34-12-22(30)28-20-8-6-16(26)11-19(20)27/h3-11H,12H2,1-2H3,(H,28,30). The van der Waals surface area contributed by atoms with Crippen LogP contribution >= 0.6 is 11.6 Å². The predicted molar refractivity (Wildman–Crippen MR) is 124 cm³/mol. The molecule has 3 amide bonds. The maximum Gasteiger partial charge on any atom is 0.338 e. The first kappa shape index (κ1) is 23.1. The van der Waals surface area contributed by atoms with E-state index in [4.69, 9.17) is 16.3 Å². The van der Waals surface area contributed by atoms with Crippen molar-refractivity contribution in [1.29, 1.82) is 0 Å². The lowest BCUT2D eigenvalue weighted by atomic mass is 10.1. The van der Waals surface area contributed by atoms with Crippen molar-refractivity contribution in [3.63, 3.8) is 0 Å². The molecule has 0 aromatic heterocycles. The molecule has 1 aliphatic heterocycles. The van der Waals surface area contributed by atoms with Crippen molar-refractivity contribution >= 4 is 46.7 Å². The first-order valence-corrected chi connectivity index (χ1v) is 10.6. The second-order valence-corrected chi connectivity index (χ2v) is 8.18. The third-order valence-corrected chi connectivity index (χ3v) is 5.50. The summed E-state index contributed by atoms with van der Waals surface area (Å²) in [4.78, 5) is 51.5. The molecule has 34 heavy (non-hydrogen) atoms. The van der Waals surface area contributed by atoms with Gasteiger partial charge in [0, 0.05) is 5.02 Å². The molecule has 0 radical (unpaired) electrons. The van der Waals surface area contributed by atoms with Crippen molar-refractivity contribution in [2.75, 3.05) is 16.8 Å².